The smallest absolute Gasteiger partial charge is 0.255 e. The van der Waals surface area contributed by atoms with Gasteiger partial charge in [0.25, 0.3) is 5.91 Å². The lowest BCUT2D eigenvalue weighted by atomic mass is 9.99. The molecule has 1 aliphatic rings. The highest BCUT2D eigenvalue weighted by Crippen LogP contribution is 2.21. The van der Waals surface area contributed by atoms with Gasteiger partial charge in [-0.25, -0.2) is 4.98 Å². The predicted octanol–water partition coefficient (Wildman–Crippen LogP) is 3.65. The number of nitrogens with zero attached hydrogens (tertiary/aromatic N) is 2. The van der Waals surface area contributed by atoms with Crippen molar-refractivity contribution in [2.24, 2.45) is 5.92 Å². The normalized spacial score (nSPS) is 14.9. The van der Waals surface area contributed by atoms with E-state index in [0.29, 0.717) is 24.5 Å². The zero-order valence-electron chi connectivity index (χ0n) is 15.6. The number of hydrogen-bond donors (Lipinski definition) is 1. The lowest BCUT2D eigenvalue weighted by Gasteiger charge is -2.31. The Bertz CT molecular complexity index is 722. The second-order valence-electron chi connectivity index (χ2n) is 6.81. The molecule has 0 atom stereocenters. The monoisotopic (exact) mass is 353 g/mol. The first-order valence-corrected chi connectivity index (χ1v) is 9.37. The van der Waals surface area contributed by atoms with Crippen LogP contribution in [0.3, 0.4) is 0 Å². The van der Waals surface area contributed by atoms with Crippen LogP contribution in [0.25, 0.3) is 0 Å². The Morgan fingerprint density at radius 2 is 2.00 bits per heavy atom. The van der Waals surface area contributed by atoms with Gasteiger partial charge in [0.15, 0.2) is 0 Å². The standard InChI is InChI=1S/C21H27N3O2/c1-3-26-19-7-5-4-6-18(19)21(25)23-15-17-8-9-20(22-14-17)24-12-10-16(2)11-13-24/h4-9,14,16H,3,10-13,15H2,1-2H3,(H,23,25). The third-order valence-corrected chi connectivity index (χ3v) is 4.80. The zero-order valence-corrected chi connectivity index (χ0v) is 15.6. The molecule has 1 aromatic heterocycles. The van der Waals surface area contributed by atoms with Crippen LogP contribution < -0.4 is 15.0 Å². The Hall–Kier alpha value is -2.56. The van der Waals surface area contributed by atoms with E-state index < -0.39 is 0 Å². The number of benzene rings is 1. The molecule has 0 spiro atoms. The van der Waals surface area contributed by atoms with E-state index in [0.717, 1.165) is 30.4 Å². The van der Waals surface area contributed by atoms with Crippen LogP contribution in [-0.2, 0) is 6.54 Å². The van der Waals surface area contributed by atoms with Crippen LogP contribution >= 0.6 is 0 Å². The average Bonchev–Trinajstić information content (AvgIpc) is 2.68. The fourth-order valence-corrected chi connectivity index (χ4v) is 3.16. The van der Waals surface area contributed by atoms with E-state index in [9.17, 15) is 4.79 Å². The fraction of sp³-hybridized carbons (Fsp3) is 0.429. The molecule has 5 heteroatoms. The van der Waals surface area contributed by atoms with Crippen molar-refractivity contribution < 1.29 is 9.53 Å². The number of anilines is 1. The van der Waals surface area contributed by atoms with E-state index in [1.54, 1.807) is 6.07 Å². The van der Waals surface area contributed by atoms with Crippen LogP contribution in [-0.4, -0.2) is 30.6 Å². The maximum Gasteiger partial charge on any atom is 0.255 e. The van der Waals surface area contributed by atoms with Crippen molar-refractivity contribution in [3.8, 4) is 5.75 Å². The SMILES string of the molecule is CCOc1ccccc1C(=O)NCc1ccc(N2CCC(C)CC2)nc1. The second-order valence-corrected chi connectivity index (χ2v) is 6.81. The van der Waals surface area contributed by atoms with E-state index >= 15 is 0 Å². The molecule has 1 N–H and O–H groups in total. The number of rotatable bonds is 6. The van der Waals surface area contributed by atoms with Crippen molar-refractivity contribution in [1.29, 1.82) is 0 Å². The van der Waals surface area contributed by atoms with Crippen molar-refractivity contribution >= 4 is 11.7 Å². The molecule has 2 heterocycles. The molecule has 1 saturated heterocycles. The van der Waals surface area contributed by atoms with Crippen LogP contribution in [0.1, 0.15) is 42.6 Å². The van der Waals surface area contributed by atoms with Gasteiger partial charge in [-0.05, 0) is 49.4 Å². The van der Waals surface area contributed by atoms with Crippen molar-refractivity contribution in [2.75, 3.05) is 24.6 Å². The van der Waals surface area contributed by atoms with Crippen molar-refractivity contribution in [3.05, 3.63) is 53.7 Å². The molecular weight excluding hydrogens is 326 g/mol. The number of hydrogen-bond acceptors (Lipinski definition) is 4. The number of nitrogens with one attached hydrogen (secondary N) is 1. The quantitative estimate of drug-likeness (QED) is 0.861. The van der Waals surface area contributed by atoms with Crippen molar-refractivity contribution in [1.82, 2.24) is 10.3 Å². The molecule has 3 rings (SSSR count). The van der Waals surface area contributed by atoms with Crippen molar-refractivity contribution in [2.45, 2.75) is 33.2 Å². The van der Waals surface area contributed by atoms with Gasteiger partial charge < -0.3 is 15.0 Å². The molecule has 2 aromatic rings. The van der Waals surface area contributed by atoms with Crippen LogP contribution in [0.2, 0.25) is 0 Å². The minimum atomic E-state index is -0.136. The summed E-state index contributed by atoms with van der Waals surface area (Å²) in [6.07, 6.45) is 4.29. The molecule has 1 aromatic carbocycles. The highest BCUT2D eigenvalue weighted by molar-refractivity contribution is 5.96. The summed E-state index contributed by atoms with van der Waals surface area (Å²) in [5.41, 5.74) is 1.54. The molecule has 1 aliphatic heterocycles. The molecule has 138 valence electrons. The van der Waals surface area contributed by atoms with E-state index in [1.165, 1.54) is 12.8 Å². The third-order valence-electron chi connectivity index (χ3n) is 4.80. The number of para-hydroxylation sites is 1. The summed E-state index contributed by atoms with van der Waals surface area (Å²) in [6, 6.07) is 11.4. The van der Waals surface area contributed by atoms with E-state index in [-0.39, 0.29) is 5.91 Å². The van der Waals surface area contributed by atoms with Crippen LogP contribution in [0.4, 0.5) is 5.82 Å². The molecule has 0 saturated carbocycles. The molecule has 5 nitrogen and oxygen atoms in total. The summed E-state index contributed by atoms with van der Waals surface area (Å²) in [5, 5.41) is 2.95. The van der Waals surface area contributed by atoms with Gasteiger partial charge in [-0.3, -0.25) is 4.79 Å². The summed E-state index contributed by atoms with van der Waals surface area (Å²) in [7, 11) is 0. The predicted molar refractivity (Wildman–Crippen MR) is 104 cm³/mol. The van der Waals surface area contributed by atoms with Gasteiger partial charge in [0.1, 0.15) is 11.6 Å². The molecule has 0 bridgehead atoms. The Labute approximate surface area is 155 Å². The van der Waals surface area contributed by atoms with E-state index in [2.05, 4.69) is 22.1 Å². The summed E-state index contributed by atoms with van der Waals surface area (Å²) in [6.45, 7) is 7.33. The number of ether oxygens (including phenoxy) is 1. The van der Waals surface area contributed by atoms with Gasteiger partial charge in [0.05, 0.1) is 12.2 Å². The Morgan fingerprint density at radius 1 is 1.23 bits per heavy atom. The minimum absolute atomic E-state index is 0.136. The molecule has 1 amide bonds. The molecule has 1 fully saturated rings. The van der Waals surface area contributed by atoms with Crippen molar-refractivity contribution in [3.63, 3.8) is 0 Å². The van der Waals surface area contributed by atoms with E-state index in [1.807, 2.05) is 43.5 Å². The molecular formula is C21H27N3O2. The Balaban J connectivity index is 1.57. The van der Waals surface area contributed by atoms with E-state index in [4.69, 9.17) is 4.74 Å². The van der Waals surface area contributed by atoms with Gasteiger partial charge >= 0.3 is 0 Å². The first-order valence-electron chi connectivity index (χ1n) is 9.37. The van der Waals surface area contributed by atoms with Crippen LogP contribution in [0, 0.1) is 5.92 Å². The second kappa shape index (κ2) is 8.70. The first-order chi connectivity index (χ1) is 12.7. The minimum Gasteiger partial charge on any atom is -0.493 e. The summed E-state index contributed by atoms with van der Waals surface area (Å²) < 4.78 is 5.52. The highest BCUT2D eigenvalue weighted by atomic mass is 16.5. The summed E-state index contributed by atoms with van der Waals surface area (Å²) in [5.74, 6) is 2.30. The average molecular weight is 353 g/mol. The van der Waals surface area contributed by atoms with Gasteiger partial charge in [0, 0.05) is 25.8 Å². The van der Waals surface area contributed by atoms with Gasteiger partial charge in [-0.1, -0.05) is 25.1 Å². The molecule has 26 heavy (non-hydrogen) atoms. The maximum atomic E-state index is 12.4. The van der Waals surface area contributed by atoms with Gasteiger partial charge in [0.2, 0.25) is 0 Å². The Kier molecular flexibility index (Phi) is 6.10. The molecule has 0 radical (unpaired) electrons. The fourth-order valence-electron chi connectivity index (χ4n) is 3.16. The number of carbonyl (C=O) groups is 1. The van der Waals surface area contributed by atoms with Gasteiger partial charge in [-0.15, -0.1) is 0 Å². The van der Waals surface area contributed by atoms with Crippen LogP contribution in [0.15, 0.2) is 42.6 Å². The lowest BCUT2D eigenvalue weighted by Crippen LogP contribution is -2.33. The number of carbonyl (C=O) groups excluding carboxylic acids is 1. The number of amides is 1. The molecule has 0 aliphatic carbocycles. The maximum absolute atomic E-state index is 12.4. The highest BCUT2D eigenvalue weighted by Gasteiger charge is 2.17. The number of pyridine rings is 1. The van der Waals surface area contributed by atoms with Gasteiger partial charge in [-0.2, -0.15) is 0 Å². The lowest BCUT2D eigenvalue weighted by molar-refractivity contribution is 0.0947. The molecule has 0 unspecified atom stereocenters. The summed E-state index contributed by atoms with van der Waals surface area (Å²) >= 11 is 0. The zero-order chi connectivity index (χ0) is 18.4. The number of piperidine rings is 1. The largest absolute Gasteiger partial charge is 0.493 e. The number of aromatic nitrogens is 1. The van der Waals surface area contributed by atoms with Crippen LogP contribution in [0.5, 0.6) is 5.75 Å². The third kappa shape index (κ3) is 4.54. The first kappa shape index (κ1) is 18.2. The summed E-state index contributed by atoms with van der Waals surface area (Å²) in [4.78, 5) is 19.3. The Morgan fingerprint density at radius 3 is 2.69 bits per heavy atom. The topological polar surface area (TPSA) is 54.5 Å².